The largest absolute Gasteiger partial charge is 0.342 e. The predicted octanol–water partition coefficient (Wildman–Crippen LogP) is 1.41. The Morgan fingerprint density at radius 3 is 1.94 bits per heavy atom. The molecule has 0 aromatic heterocycles. The second-order valence-corrected chi connectivity index (χ2v) is 11.2. The van der Waals surface area contributed by atoms with Crippen molar-refractivity contribution in [1.29, 1.82) is 0 Å². The van der Waals surface area contributed by atoms with Crippen molar-refractivity contribution in [3.8, 4) is 0 Å². The van der Waals surface area contributed by atoms with E-state index < -0.39 is 0 Å². The Morgan fingerprint density at radius 2 is 1.34 bits per heavy atom. The molecule has 4 bridgehead atoms. The second kappa shape index (κ2) is 9.29. The van der Waals surface area contributed by atoms with Crippen LogP contribution < -0.4 is 10.6 Å². The van der Waals surface area contributed by atoms with Crippen LogP contribution in [-0.4, -0.2) is 90.4 Å². The standard InChI is InChI=1S/C24H39N5O3/c30-21(25-23(32)26-24-14-18-11-19(15-24)13-20(12-18)16-24)3-6-27-7-9-28(10-8-27)17-22(31)29-4-1-2-5-29/h18-20H,1-17H2,(H2,25,26,30,32). The number of urea groups is 1. The van der Waals surface area contributed by atoms with Crippen LogP contribution in [0.4, 0.5) is 4.79 Å². The SMILES string of the molecule is O=C(CCN1CCN(CC(=O)N2CCCC2)CC1)NC(=O)NC12CC3CC(CC(C3)C1)C2. The fraction of sp³-hybridized carbons (Fsp3) is 0.875. The van der Waals surface area contributed by atoms with Gasteiger partial charge >= 0.3 is 6.03 Å². The summed E-state index contributed by atoms with van der Waals surface area (Å²) in [5, 5.41) is 5.80. The van der Waals surface area contributed by atoms with Crippen LogP contribution in [0, 0.1) is 17.8 Å². The minimum Gasteiger partial charge on any atom is -0.342 e. The van der Waals surface area contributed by atoms with E-state index in [1.807, 2.05) is 4.90 Å². The van der Waals surface area contributed by atoms with Crippen molar-refractivity contribution in [3.63, 3.8) is 0 Å². The molecule has 32 heavy (non-hydrogen) atoms. The fourth-order valence-corrected chi connectivity index (χ4v) is 7.41. The number of likely N-dealkylation sites (tertiary alicyclic amines) is 1. The Kier molecular flexibility index (Phi) is 6.43. The van der Waals surface area contributed by atoms with Crippen LogP contribution in [0.1, 0.15) is 57.8 Å². The van der Waals surface area contributed by atoms with Gasteiger partial charge in [0.25, 0.3) is 0 Å². The average molecular weight is 446 g/mol. The van der Waals surface area contributed by atoms with Gasteiger partial charge in [-0.1, -0.05) is 0 Å². The summed E-state index contributed by atoms with van der Waals surface area (Å²) >= 11 is 0. The number of carbonyl (C=O) groups is 3. The number of piperazine rings is 1. The van der Waals surface area contributed by atoms with Gasteiger partial charge in [0.1, 0.15) is 0 Å². The molecule has 8 nitrogen and oxygen atoms in total. The average Bonchev–Trinajstić information content (AvgIpc) is 3.27. The molecule has 6 fully saturated rings. The Morgan fingerprint density at radius 1 is 0.781 bits per heavy atom. The van der Waals surface area contributed by atoms with Gasteiger partial charge in [-0.25, -0.2) is 4.79 Å². The smallest absolute Gasteiger partial charge is 0.321 e. The molecule has 8 heteroatoms. The van der Waals surface area contributed by atoms with Gasteiger partial charge < -0.3 is 15.1 Å². The highest BCUT2D eigenvalue weighted by atomic mass is 16.2. The van der Waals surface area contributed by atoms with Gasteiger partial charge in [0.15, 0.2) is 0 Å². The van der Waals surface area contributed by atoms with Crippen LogP contribution in [-0.2, 0) is 9.59 Å². The zero-order chi connectivity index (χ0) is 22.1. The number of hydrogen-bond donors (Lipinski definition) is 2. The molecule has 6 rings (SSSR count). The normalized spacial score (nSPS) is 34.6. The summed E-state index contributed by atoms with van der Waals surface area (Å²) in [7, 11) is 0. The molecule has 2 saturated heterocycles. The zero-order valence-corrected chi connectivity index (χ0v) is 19.3. The van der Waals surface area contributed by atoms with E-state index in [0.29, 0.717) is 19.5 Å². The minimum absolute atomic E-state index is 0.0675. The summed E-state index contributed by atoms with van der Waals surface area (Å²) < 4.78 is 0. The minimum atomic E-state index is -0.304. The third-order valence-electron chi connectivity index (χ3n) is 8.61. The number of hydrogen-bond acceptors (Lipinski definition) is 5. The highest BCUT2D eigenvalue weighted by Crippen LogP contribution is 2.55. The monoisotopic (exact) mass is 445 g/mol. The van der Waals surface area contributed by atoms with Gasteiger partial charge in [-0.2, -0.15) is 0 Å². The molecule has 4 amide bonds. The summed E-state index contributed by atoms with van der Waals surface area (Å²) in [6, 6.07) is -0.304. The molecule has 4 aliphatic carbocycles. The van der Waals surface area contributed by atoms with Crippen molar-refractivity contribution in [3.05, 3.63) is 0 Å². The van der Waals surface area contributed by atoms with Gasteiger partial charge in [0, 0.05) is 57.8 Å². The highest BCUT2D eigenvalue weighted by Gasteiger charge is 2.51. The quantitative estimate of drug-likeness (QED) is 0.646. The lowest BCUT2D eigenvalue weighted by Crippen LogP contribution is -2.61. The summed E-state index contributed by atoms with van der Waals surface area (Å²) in [6.07, 6.45) is 9.86. The number of rotatable bonds is 6. The maximum absolute atomic E-state index is 12.5. The van der Waals surface area contributed by atoms with E-state index in [-0.39, 0.29) is 23.4 Å². The lowest BCUT2D eigenvalue weighted by atomic mass is 9.53. The van der Waals surface area contributed by atoms with E-state index in [2.05, 4.69) is 20.4 Å². The molecular formula is C24H39N5O3. The number of imide groups is 1. The predicted molar refractivity (Wildman–Crippen MR) is 121 cm³/mol. The van der Waals surface area contributed by atoms with Crippen LogP contribution in [0.25, 0.3) is 0 Å². The van der Waals surface area contributed by atoms with Gasteiger partial charge in [-0.3, -0.25) is 19.8 Å². The first kappa shape index (κ1) is 22.1. The lowest BCUT2D eigenvalue weighted by molar-refractivity contribution is -0.131. The maximum Gasteiger partial charge on any atom is 0.321 e. The van der Waals surface area contributed by atoms with Crippen molar-refractivity contribution < 1.29 is 14.4 Å². The number of nitrogens with one attached hydrogen (secondary N) is 2. The molecule has 178 valence electrons. The third kappa shape index (κ3) is 5.11. The van der Waals surface area contributed by atoms with Crippen LogP contribution >= 0.6 is 0 Å². The number of nitrogens with zero attached hydrogens (tertiary/aromatic N) is 3. The molecule has 0 aromatic carbocycles. The molecule has 4 saturated carbocycles. The molecular weight excluding hydrogens is 406 g/mol. The summed E-state index contributed by atoms with van der Waals surface area (Å²) in [4.78, 5) is 43.7. The number of carbonyl (C=O) groups excluding carboxylic acids is 3. The fourth-order valence-electron chi connectivity index (χ4n) is 7.41. The maximum atomic E-state index is 12.5. The first-order valence-corrected chi connectivity index (χ1v) is 12.8. The third-order valence-corrected chi connectivity index (χ3v) is 8.61. The topological polar surface area (TPSA) is 85.0 Å². The molecule has 0 spiro atoms. The van der Waals surface area contributed by atoms with Crippen molar-refractivity contribution in [1.82, 2.24) is 25.3 Å². The molecule has 0 radical (unpaired) electrons. The first-order valence-electron chi connectivity index (χ1n) is 12.8. The van der Waals surface area contributed by atoms with E-state index in [9.17, 15) is 14.4 Å². The van der Waals surface area contributed by atoms with E-state index in [1.165, 1.54) is 19.3 Å². The molecule has 6 aliphatic rings. The summed E-state index contributed by atoms with van der Waals surface area (Å²) in [6.45, 7) is 6.42. The summed E-state index contributed by atoms with van der Waals surface area (Å²) in [5.74, 6) is 2.35. The lowest BCUT2D eigenvalue weighted by Gasteiger charge is -2.56. The van der Waals surface area contributed by atoms with Crippen LogP contribution in [0.5, 0.6) is 0 Å². The van der Waals surface area contributed by atoms with Crippen molar-refractivity contribution in [2.45, 2.75) is 63.3 Å². The highest BCUT2D eigenvalue weighted by molar-refractivity contribution is 5.94. The molecule has 0 unspecified atom stereocenters. The van der Waals surface area contributed by atoms with E-state index >= 15 is 0 Å². The van der Waals surface area contributed by atoms with Gasteiger partial charge in [0.2, 0.25) is 11.8 Å². The Balaban J connectivity index is 0.989. The van der Waals surface area contributed by atoms with Crippen LogP contribution in [0.15, 0.2) is 0 Å². The van der Waals surface area contributed by atoms with E-state index in [4.69, 9.17) is 0 Å². The van der Waals surface area contributed by atoms with Crippen molar-refractivity contribution >= 4 is 17.8 Å². The number of amides is 4. The Hall–Kier alpha value is -1.67. The Labute approximate surface area is 191 Å². The molecule has 0 aromatic rings. The summed E-state index contributed by atoms with van der Waals surface area (Å²) in [5.41, 5.74) is -0.0675. The van der Waals surface area contributed by atoms with Crippen molar-refractivity contribution in [2.24, 2.45) is 17.8 Å². The van der Waals surface area contributed by atoms with Gasteiger partial charge in [-0.05, 0) is 69.1 Å². The van der Waals surface area contributed by atoms with Crippen LogP contribution in [0.2, 0.25) is 0 Å². The van der Waals surface area contributed by atoms with E-state index in [1.54, 1.807) is 0 Å². The van der Waals surface area contributed by atoms with Crippen LogP contribution in [0.3, 0.4) is 0 Å². The van der Waals surface area contributed by atoms with Gasteiger partial charge in [0.05, 0.1) is 6.54 Å². The molecule has 2 N–H and O–H groups in total. The molecule has 2 aliphatic heterocycles. The zero-order valence-electron chi connectivity index (χ0n) is 19.3. The molecule has 0 atom stereocenters. The van der Waals surface area contributed by atoms with E-state index in [0.717, 1.165) is 89.1 Å². The van der Waals surface area contributed by atoms with Gasteiger partial charge in [-0.15, -0.1) is 0 Å². The van der Waals surface area contributed by atoms with Crippen molar-refractivity contribution in [2.75, 3.05) is 52.4 Å². The first-order chi connectivity index (χ1) is 15.5. The Bertz CT molecular complexity index is 692. The second-order valence-electron chi connectivity index (χ2n) is 11.2. The molecule has 2 heterocycles.